The summed E-state index contributed by atoms with van der Waals surface area (Å²) in [6.07, 6.45) is 6.37. The van der Waals surface area contributed by atoms with Crippen LogP contribution in [-0.4, -0.2) is 22.1 Å². The zero-order valence-corrected chi connectivity index (χ0v) is 14.3. The number of unbranched alkanes of at least 4 members (excludes halogenated alkanes) is 1. The summed E-state index contributed by atoms with van der Waals surface area (Å²) in [6.45, 7) is 2.64. The minimum absolute atomic E-state index is 0.468. The lowest BCUT2D eigenvalue weighted by Gasteiger charge is -2.12. The van der Waals surface area contributed by atoms with E-state index in [0.29, 0.717) is 13.0 Å². The predicted octanol–water partition coefficient (Wildman–Crippen LogP) is 3.66. The molecule has 0 amide bonds. The fourth-order valence-corrected chi connectivity index (χ4v) is 3.26. The van der Waals surface area contributed by atoms with Gasteiger partial charge in [0, 0.05) is 24.0 Å². The van der Waals surface area contributed by atoms with Crippen molar-refractivity contribution in [2.24, 2.45) is 0 Å². The highest BCUT2D eigenvalue weighted by Gasteiger charge is 2.16. The van der Waals surface area contributed by atoms with Crippen molar-refractivity contribution in [3.8, 4) is 0 Å². The molecule has 0 bridgehead atoms. The van der Waals surface area contributed by atoms with Crippen molar-refractivity contribution in [1.29, 1.82) is 0 Å². The van der Waals surface area contributed by atoms with Gasteiger partial charge in [0.2, 0.25) is 0 Å². The molecular formula is C18H24N2O2S. The molecule has 1 aromatic carbocycles. The number of hydrogen-bond acceptors (Lipinski definition) is 4. The first-order valence-electron chi connectivity index (χ1n) is 8.12. The molecule has 1 heterocycles. The molecule has 0 aliphatic heterocycles. The Kier molecular flexibility index (Phi) is 7.23. The van der Waals surface area contributed by atoms with Crippen molar-refractivity contribution in [2.75, 3.05) is 0 Å². The van der Waals surface area contributed by atoms with Crippen molar-refractivity contribution < 1.29 is 9.90 Å². The maximum absolute atomic E-state index is 11.2. The summed E-state index contributed by atoms with van der Waals surface area (Å²) in [6, 6.07) is 9.91. The Morgan fingerprint density at radius 1 is 1.30 bits per heavy atom. The van der Waals surface area contributed by atoms with E-state index in [-0.39, 0.29) is 0 Å². The Labute approximate surface area is 141 Å². The lowest BCUT2D eigenvalue weighted by atomic mass is 10.1. The van der Waals surface area contributed by atoms with E-state index in [4.69, 9.17) is 0 Å². The molecule has 4 nitrogen and oxygen atoms in total. The number of carbonyl (C=O) groups is 1. The van der Waals surface area contributed by atoms with Crippen LogP contribution in [0.3, 0.4) is 0 Å². The molecule has 0 unspecified atom stereocenters. The van der Waals surface area contributed by atoms with Crippen LogP contribution in [0.25, 0.3) is 0 Å². The Morgan fingerprint density at radius 2 is 2.09 bits per heavy atom. The molecule has 5 heteroatoms. The van der Waals surface area contributed by atoms with Gasteiger partial charge in [-0.2, -0.15) is 0 Å². The molecule has 23 heavy (non-hydrogen) atoms. The molecule has 1 aromatic heterocycles. The second-order valence-corrected chi connectivity index (χ2v) is 6.82. The van der Waals surface area contributed by atoms with E-state index < -0.39 is 12.0 Å². The van der Waals surface area contributed by atoms with Gasteiger partial charge in [0.05, 0.1) is 5.01 Å². The lowest BCUT2D eigenvalue weighted by Crippen LogP contribution is -2.35. The Balaban J connectivity index is 1.80. The molecule has 0 saturated carbocycles. The summed E-state index contributed by atoms with van der Waals surface area (Å²) in [7, 11) is 0. The molecule has 2 rings (SSSR count). The Hall–Kier alpha value is -1.72. The van der Waals surface area contributed by atoms with E-state index in [0.717, 1.165) is 35.6 Å². The monoisotopic (exact) mass is 332 g/mol. The molecular weight excluding hydrogens is 308 g/mol. The second-order valence-electron chi connectivity index (χ2n) is 5.62. The first kappa shape index (κ1) is 17.6. The first-order chi connectivity index (χ1) is 11.2. The highest BCUT2D eigenvalue weighted by molar-refractivity contribution is 7.11. The molecule has 0 fully saturated rings. The van der Waals surface area contributed by atoms with E-state index >= 15 is 0 Å². The van der Waals surface area contributed by atoms with Gasteiger partial charge in [-0.05, 0) is 18.4 Å². The van der Waals surface area contributed by atoms with Gasteiger partial charge in [-0.15, -0.1) is 11.3 Å². The predicted molar refractivity (Wildman–Crippen MR) is 93.8 cm³/mol. The molecule has 2 aromatic rings. The zero-order valence-electron chi connectivity index (χ0n) is 13.5. The number of aromatic nitrogens is 1. The van der Waals surface area contributed by atoms with Crippen molar-refractivity contribution in [3.63, 3.8) is 0 Å². The molecule has 0 spiro atoms. The lowest BCUT2D eigenvalue weighted by molar-refractivity contribution is -0.139. The fraction of sp³-hybridized carbons (Fsp3) is 0.444. The number of hydrogen-bond donors (Lipinski definition) is 2. The topological polar surface area (TPSA) is 62.2 Å². The van der Waals surface area contributed by atoms with Crippen LogP contribution in [0.5, 0.6) is 0 Å². The van der Waals surface area contributed by atoms with Gasteiger partial charge in [-0.3, -0.25) is 10.1 Å². The van der Waals surface area contributed by atoms with Gasteiger partial charge in [0.1, 0.15) is 6.04 Å². The third-order valence-electron chi connectivity index (χ3n) is 3.74. The number of nitrogens with one attached hydrogen (secondary N) is 1. The molecule has 0 saturated heterocycles. The van der Waals surface area contributed by atoms with Gasteiger partial charge in [0.15, 0.2) is 0 Å². The van der Waals surface area contributed by atoms with Crippen molar-refractivity contribution in [2.45, 2.75) is 51.6 Å². The van der Waals surface area contributed by atoms with Crippen LogP contribution in [0.4, 0.5) is 0 Å². The van der Waals surface area contributed by atoms with Crippen molar-refractivity contribution in [3.05, 3.63) is 52.0 Å². The smallest absolute Gasteiger partial charge is 0.320 e. The minimum atomic E-state index is -0.771. The van der Waals surface area contributed by atoms with E-state index in [9.17, 15) is 9.90 Å². The minimum Gasteiger partial charge on any atom is -0.480 e. The van der Waals surface area contributed by atoms with E-state index in [1.165, 1.54) is 5.56 Å². The van der Waals surface area contributed by atoms with Crippen molar-refractivity contribution >= 4 is 17.3 Å². The molecule has 0 aliphatic carbocycles. The van der Waals surface area contributed by atoms with Crippen LogP contribution < -0.4 is 5.32 Å². The van der Waals surface area contributed by atoms with Crippen LogP contribution >= 0.6 is 11.3 Å². The first-order valence-corrected chi connectivity index (χ1v) is 8.94. The molecule has 1 atom stereocenters. The third-order valence-corrected chi connectivity index (χ3v) is 4.80. The Morgan fingerprint density at radius 3 is 2.78 bits per heavy atom. The van der Waals surface area contributed by atoms with Crippen LogP contribution in [0.1, 0.15) is 41.6 Å². The number of carboxylic acids is 1. The van der Waals surface area contributed by atoms with E-state index in [1.807, 2.05) is 12.3 Å². The van der Waals surface area contributed by atoms with E-state index in [2.05, 4.69) is 41.5 Å². The number of nitrogens with zero attached hydrogens (tertiary/aromatic N) is 1. The number of aryl methyl sites for hydroxylation is 2. The Bertz CT molecular complexity index is 598. The van der Waals surface area contributed by atoms with Gasteiger partial charge < -0.3 is 5.11 Å². The molecule has 2 N–H and O–H groups in total. The number of carboxylic acid groups (broad SMARTS) is 1. The summed E-state index contributed by atoms with van der Waals surface area (Å²) >= 11 is 1.66. The summed E-state index contributed by atoms with van der Waals surface area (Å²) in [5.74, 6) is -0.771. The zero-order chi connectivity index (χ0) is 16.5. The van der Waals surface area contributed by atoms with Crippen LogP contribution in [0.2, 0.25) is 0 Å². The SMILES string of the molecule is CCCC[C@H](NCc1cnc(CCc2ccccc2)s1)C(=O)O. The summed E-state index contributed by atoms with van der Waals surface area (Å²) < 4.78 is 0. The second kappa shape index (κ2) is 9.43. The van der Waals surface area contributed by atoms with Gasteiger partial charge >= 0.3 is 5.97 Å². The maximum atomic E-state index is 11.2. The summed E-state index contributed by atoms with van der Waals surface area (Å²) in [4.78, 5) is 16.8. The number of benzene rings is 1. The van der Waals surface area contributed by atoms with Crippen LogP contribution in [0, 0.1) is 0 Å². The number of aliphatic carboxylic acids is 1. The van der Waals surface area contributed by atoms with Crippen LogP contribution in [-0.2, 0) is 24.2 Å². The molecule has 0 radical (unpaired) electrons. The quantitative estimate of drug-likeness (QED) is 0.697. The normalized spacial score (nSPS) is 12.2. The third kappa shape index (κ3) is 6.12. The van der Waals surface area contributed by atoms with Crippen molar-refractivity contribution in [1.82, 2.24) is 10.3 Å². The molecule has 124 valence electrons. The van der Waals surface area contributed by atoms with Gasteiger partial charge in [-0.1, -0.05) is 50.1 Å². The number of rotatable bonds is 10. The highest BCUT2D eigenvalue weighted by atomic mass is 32.1. The average molecular weight is 332 g/mol. The largest absolute Gasteiger partial charge is 0.480 e. The fourth-order valence-electron chi connectivity index (χ4n) is 2.39. The summed E-state index contributed by atoms with van der Waals surface area (Å²) in [5, 5.41) is 13.4. The highest BCUT2D eigenvalue weighted by Crippen LogP contribution is 2.16. The van der Waals surface area contributed by atoms with Gasteiger partial charge in [0.25, 0.3) is 0 Å². The number of thiazole rings is 1. The summed E-state index contributed by atoms with van der Waals surface area (Å²) in [5.41, 5.74) is 1.31. The standard InChI is InChI=1S/C18H24N2O2S/c1-2-3-9-16(18(21)22)19-12-15-13-20-17(23-15)11-10-14-7-5-4-6-8-14/h4-8,13,16,19H,2-3,9-12H2,1H3,(H,21,22)/t16-/m0/s1. The van der Waals surface area contributed by atoms with E-state index in [1.54, 1.807) is 11.3 Å². The molecule has 0 aliphatic rings. The van der Waals surface area contributed by atoms with Crippen LogP contribution in [0.15, 0.2) is 36.5 Å². The maximum Gasteiger partial charge on any atom is 0.320 e. The average Bonchev–Trinajstić information content (AvgIpc) is 3.01. The van der Waals surface area contributed by atoms with Gasteiger partial charge in [-0.25, -0.2) is 4.98 Å².